The number of benzene rings is 2. The largest absolute Gasteiger partial charge is 0.469 e. The van der Waals surface area contributed by atoms with E-state index in [1.807, 2.05) is 69.3 Å². The van der Waals surface area contributed by atoms with Gasteiger partial charge >= 0.3 is 0 Å². The van der Waals surface area contributed by atoms with Gasteiger partial charge in [-0.25, -0.2) is 0 Å². The molecule has 4 aromatic rings. The Morgan fingerprint density at radius 2 is 1.77 bits per heavy atom. The van der Waals surface area contributed by atoms with E-state index in [4.69, 9.17) is 4.42 Å². The molecule has 0 aliphatic heterocycles. The molecule has 6 heteroatoms. The third kappa shape index (κ3) is 4.24. The summed E-state index contributed by atoms with van der Waals surface area (Å²) >= 11 is 1.43. The van der Waals surface area contributed by atoms with Crippen molar-refractivity contribution < 1.29 is 9.21 Å². The first-order chi connectivity index (χ1) is 14.5. The SMILES string of the molecule is Cc1ccc(C(=O)C(C)Sc2nnc(-c3ccoc3C)n2Cc2ccccc2)cc1. The molecule has 0 N–H and O–H groups in total. The van der Waals surface area contributed by atoms with E-state index < -0.39 is 0 Å². The highest BCUT2D eigenvalue weighted by Crippen LogP contribution is 2.30. The fourth-order valence-corrected chi connectivity index (χ4v) is 4.19. The van der Waals surface area contributed by atoms with Crippen LogP contribution in [-0.2, 0) is 6.54 Å². The summed E-state index contributed by atoms with van der Waals surface area (Å²) in [5, 5.41) is 9.28. The third-order valence-electron chi connectivity index (χ3n) is 4.99. The number of carbonyl (C=O) groups excluding carboxylic acids is 1. The lowest BCUT2D eigenvalue weighted by atomic mass is 10.1. The molecular weight excluding hydrogens is 394 g/mol. The van der Waals surface area contributed by atoms with Crippen molar-refractivity contribution in [3.05, 3.63) is 89.4 Å². The van der Waals surface area contributed by atoms with Crippen LogP contribution >= 0.6 is 11.8 Å². The van der Waals surface area contributed by atoms with E-state index in [0.717, 1.165) is 28.3 Å². The van der Waals surface area contributed by atoms with E-state index in [1.54, 1.807) is 6.26 Å². The summed E-state index contributed by atoms with van der Waals surface area (Å²) in [7, 11) is 0. The summed E-state index contributed by atoms with van der Waals surface area (Å²) in [6, 6.07) is 19.7. The molecule has 0 spiro atoms. The van der Waals surface area contributed by atoms with Gasteiger partial charge in [-0.3, -0.25) is 9.36 Å². The molecule has 2 heterocycles. The van der Waals surface area contributed by atoms with E-state index in [0.29, 0.717) is 17.3 Å². The van der Waals surface area contributed by atoms with Gasteiger partial charge in [0.25, 0.3) is 0 Å². The highest BCUT2D eigenvalue weighted by molar-refractivity contribution is 8.00. The minimum Gasteiger partial charge on any atom is -0.469 e. The molecule has 0 aliphatic carbocycles. The zero-order chi connectivity index (χ0) is 21.1. The Morgan fingerprint density at radius 1 is 1.03 bits per heavy atom. The van der Waals surface area contributed by atoms with Crippen molar-refractivity contribution in [2.24, 2.45) is 0 Å². The first kappa shape index (κ1) is 20.2. The predicted octanol–water partition coefficient (Wildman–Crippen LogP) is 5.57. The van der Waals surface area contributed by atoms with Crippen LogP contribution in [0.5, 0.6) is 0 Å². The number of aromatic nitrogens is 3. The number of Topliss-reactive ketones (excluding diaryl/α,β-unsaturated/α-hetero) is 1. The van der Waals surface area contributed by atoms with Gasteiger partial charge in [0.05, 0.1) is 23.6 Å². The van der Waals surface area contributed by atoms with Crippen molar-refractivity contribution in [2.75, 3.05) is 0 Å². The molecule has 0 amide bonds. The molecule has 4 rings (SSSR count). The minimum atomic E-state index is -0.287. The monoisotopic (exact) mass is 417 g/mol. The van der Waals surface area contributed by atoms with Gasteiger partial charge in [0.1, 0.15) is 5.76 Å². The van der Waals surface area contributed by atoms with Crippen LogP contribution in [0.1, 0.15) is 34.2 Å². The molecule has 2 aromatic heterocycles. The molecule has 0 bridgehead atoms. The van der Waals surface area contributed by atoms with Gasteiger partial charge in [-0.05, 0) is 32.4 Å². The molecule has 0 fully saturated rings. The van der Waals surface area contributed by atoms with Crippen LogP contribution < -0.4 is 0 Å². The molecule has 0 radical (unpaired) electrons. The van der Waals surface area contributed by atoms with Crippen molar-refractivity contribution in [1.82, 2.24) is 14.8 Å². The van der Waals surface area contributed by atoms with Crippen LogP contribution in [0.4, 0.5) is 0 Å². The van der Waals surface area contributed by atoms with Crippen molar-refractivity contribution in [3.63, 3.8) is 0 Å². The Bertz CT molecular complexity index is 1150. The fraction of sp³-hybridized carbons (Fsp3) is 0.208. The lowest BCUT2D eigenvalue weighted by molar-refractivity contribution is 0.0994. The number of aryl methyl sites for hydroxylation is 2. The van der Waals surface area contributed by atoms with Crippen molar-refractivity contribution >= 4 is 17.5 Å². The zero-order valence-corrected chi connectivity index (χ0v) is 18.0. The summed E-state index contributed by atoms with van der Waals surface area (Å²) in [6.07, 6.45) is 1.66. The number of thioether (sulfide) groups is 1. The van der Waals surface area contributed by atoms with Crippen LogP contribution in [0.15, 0.2) is 76.5 Å². The number of hydrogen-bond acceptors (Lipinski definition) is 5. The predicted molar refractivity (Wildman–Crippen MR) is 119 cm³/mol. The lowest BCUT2D eigenvalue weighted by Gasteiger charge is -2.13. The maximum absolute atomic E-state index is 12.9. The summed E-state index contributed by atoms with van der Waals surface area (Å²) < 4.78 is 7.53. The van der Waals surface area contributed by atoms with Gasteiger partial charge in [-0.15, -0.1) is 10.2 Å². The van der Waals surface area contributed by atoms with E-state index in [2.05, 4.69) is 26.9 Å². The maximum atomic E-state index is 12.9. The van der Waals surface area contributed by atoms with Crippen LogP contribution in [-0.4, -0.2) is 25.8 Å². The molecular formula is C24H23N3O2S. The van der Waals surface area contributed by atoms with Gasteiger partial charge in [-0.1, -0.05) is 71.9 Å². The Morgan fingerprint density at radius 3 is 2.43 bits per heavy atom. The number of ketones is 1. The first-order valence-corrected chi connectivity index (χ1v) is 10.7. The van der Waals surface area contributed by atoms with E-state index in [9.17, 15) is 4.79 Å². The smallest absolute Gasteiger partial charge is 0.192 e. The first-order valence-electron chi connectivity index (χ1n) is 9.82. The molecule has 30 heavy (non-hydrogen) atoms. The van der Waals surface area contributed by atoms with Gasteiger partial charge in [0, 0.05) is 5.56 Å². The summed E-state index contributed by atoms with van der Waals surface area (Å²) in [6.45, 7) is 6.45. The second-order valence-electron chi connectivity index (χ2n) is 7.26. The molecule has 1 atom stereocenters. The van der Waals surface area contributed by atoms with Gasteiger partial charge in [-0.2, -0.15) is 0 Å². The quantitative estimate of drug-likeness (QED) is 0.291. The topological polar surface area (TPSA) is 60.9 Å². The highest BCUT2D eigenvalue weighted by Gasteiger charge is 2.23. The number of nitrogens with zero attached hydrogens (tertiary/aromatic N) is 3. The summed E-state index contributed by atoms with van der Waals surface area (Å²) in [5.74, 6) is 1.61. The van der Waals surface area contributed by atoms with Gasteiger partial charge < -0.3 is 4.42 Å². The highest BCUT2D eigenvalue weighted by atomic mass is 32.2. The summed E-state index contributed by atoms with van der Waals surface area (Å²) in [5.41, 5.74) is 3.89. The third-order valence-corrected chi connectivity index (χ3v) is 6.07. The van der Waals surface area contributed by atoms with E-state index in [-0.39, 0.29) is 11.0 Å². The van der Waals surface area contributed by atoms with E-state index >= 15 is 0 Å². The van der Waals surface area contributed by atoms with Crippen molar-refractivity contribution in [2.45, 2.75) is 37.7 Å². The van der Waals surface area contributed by atoms with Crippen molar-refractivity contribution in [3.8, 4) is 11.4 Å². The molecule has 1 unspecified atom stereocenters. The molecule has 2 aromatic carbocycles. The number of carbonyl (C=O) groups is 1. The van der Waals surface area contributed by atoms with Gasteiger partial charge in [0.2, 0.25) is 0 Å². The van der Waals surface area contributed by atoms with E-state index in [1.165, 1.54) is 11.8 Å². The molecule has 0 saturated carbocycles. The molecule has 5 nitrogen and oxygen atoms in total. The minimum absolute atomic E-state index is 0.0790. The second kappa shape index (κ2) is 8.71. The van der Waals surface area contributed by atoms with Crippen LogP contribution in [0, 0.1) is 13.8 Å². The van der Waals surface area contributed by atoms with Crippen LogP contribution in [0.25, 0.3) is 11.4 Å². The van der Waals surface area contributed by atoms with Crippen molar-refractivity contribution in [1.29, 1.82) is 0 Å². The average Bonchev–Trinajstić information content (AvgIpc) is 3.34. The lowest BCUT2D eigenvalue weighted by Crippen LogP contribution is -2.15. The van der Waals surface area contributed by atoms with Gasteiger partial charge in [0.15, 0.2) is 16.8 Å². The maximum Gasteiger partial charge on any atom is 0.192 e. The standard InChI is InChI=1S/C24H23N3O2S/c1-16-9-11-20(12-10-16)22(28)18(3)30-24-26-25-23(21-13-14-29-17(21)2)27(24)15-19-7-5-4-6-8-19/h4-14,18H,15H2,1-3H3. The Labute approximate surface area is 180 Å². The Hall–Kier alpha value is -3.12. The number of rotatable bonds is 7. The Balaban J connectivity index is 1.65. The molecule has 0 saturated heterocycles. The number of hydrogen-bond donors (Lipinski definition) is 0. The second-order valence-corrected chi connectivity index (χ2v) is 8.57. The molecule has 152 valence electrons. The number of furan rings is 1. The molecule has 0 aliphatic rings. The Kier molecular flexibility index (Phi) is 5.86. The summed E-state index contributed by atoms with van der Waals surface area (Å²) in [4.78, 5) is 12.9. The van der Waals surface area contributed by atoms with Crippen LogP contribution in [0.2, 0.25) is 0 Å². The fourth-order valence-electron chi connectivity index (χ4n) is 3.26. The average molecular weight is 418 g/mol. The normalized spacial score (nSPS) is 12.1. The zero-order valence-electron chi connectivity index (χ0n) is 17.2. The van der Waals surface area contributed by atoms with Crippen LogP contribution in [0.3, 0.4) is 0 Å².